The second kappa shape index (κ2) is 7.72. The lowest BCUT2D eigenvalue weighted by Gasteiger charge is -2.23. The van der Waals surface area contributed by atoms with E-state index in [1.54, 1.807) is 6.20 Å². The predicted octanol–water partition coefficient (Wildman–Crippen LogP) is 2.49. The van der Waals surface area contributed by atoms with Crippen molar-refractivity contribution in [2.45, 2.75) is 38.0 Å². The highest BCUT2D eigenvalue weighted by molar-refractivity contribution is 5.93. The van der Waals surface area contributed by atoms with E-state index in [2.05, 4.69) is 40.3 Å². The standard InChI is InChI=1S/C21H24FN5O/c1-14-4-5-19(18-3-2-7-24-21(14)18)25-16-6-8-26(12-16)13-20(28)27-11-15(22)9-17(27)10-23/h2-5,7,15-17,25H,6,8-9,11-13H2,1H3/t15-,16-,17?/m0/s1. The fraction of sp³-hybridized carbons (Fsp3) is 0.476. The van der Waals surface area contributed by atoms with Gasteiger partial charge in [-0.25, -0.2) is 4.39 Å². The van der Waals surface area contributed by atoms with E-state index >= 15 is 0 Å². The molecule has 3 atom stereocenters. The Morgan fingerprint density at radius 2 is 2.25 bits per heavy atom. The molecule has 0 aliphatic carbocycles. The van der Waals surface area contributed by atoms with E-state index in [0.717, 1.165) is 41.7 Å². The molecule has 4 rings (SSSR count). The number of fused-ring (bicyclic) bond motifs is 1. The zero-order valence-electron chi connectivity index (χ0n) is 15.9. The number of pyridine rings is 1. The summed E-state index contributed by atoms with van der Waals surface area (Å²) in [6.07, 6.45) is 1.76. The molecule has 2 aromatic rings. The first-order chi connectivity index (χ1) is 13.5. The summed E-state index contributed by atoms with van der Waals surface area (Å²) in [5.74, 6) is -0.155. The number of alkyl halides is 1. The van der Waals surface area contributed by atoms with Gasteiger partial charge in [0.25, 0.3) is 0 Å². The maximum absolute atomic E-state index is 13.6. The lowest BCUT2D eigenvalue weighted by molar-refractivity contribution is -0.132. The highest BCUT2D eigenvalue weighted by Gasteiger charge is 2.36. The first kappa shape index (κ1) is 18.6. The smallest absolute Gasteiger partial charge is 0.237 e. The number of carbonyl (C=O) groups is 1. The minimum absolute atomic E-state index is 0.0366. The van der Waals surface area contributed by atoms with Gasteiger partial charge in [-0.2, -0.15) is 5.26 Å². The van der Waals surface area contributed by atoms with Crippen molar-refractivity contribution in [2.24, 2.45) is 0 Å². The molecule has 28 heavy (non-hydrogen) atoms. The van der Waals surface area contributed by atoms with Crippen LogP contribution in [0.25, 0.3) is 10.9 Å². The van der Waals surface area contributed by atoms with E-state index in [4.69, 9.17) is 5.26 Å². The number of aromatic nitrogens is 1. The highest BCUT2D eigenvalue weighted by Crippen LogP contribution is 2.27. The number of nitriles is 1. The molecule has 2 aliphatic rings. The van der Waals surface area contributed by atoms with Crippen molar-refractivity contribution >= 4 is 22.5 Å². The SMILES string of the molecule is Cc1ccc(N[C@H]2CCN(CC(=O)N3C[C@@H](F)CC3C#N)C2)c2cccnc12. The van der Waals surface area contributed by atoms with E-state index in [1.165, 1.54) is 4.90 Å². The number of carbonyl (C=O) groups excluding carboxylic acids is 1. The summed E-state index contributed by atoms with van der Waals surface area (Å²) in [6.45, 7) is 3.87. The number of rotatable bonds is 4. The number of anilines is 1. The maximum Gasteiger partial charge on any atom is 0.237 e. The van der Waals surface area contributed by atoms with Crippen LogP contribution in [-0.4, -0.2) is 65.1 Å². The van der Waals surface area contributed by atoms with Crippen LogP contribution >= 0.6 is 0 Å². The Bertz CT molecular complexity index is 927. The second-order valence-corrected chi connectivity index (χ2v) is 7.72. The van der Waals surface area contributed by atoms with Gasteiger partial charge in [0, 0.05) is 42.8 Å². The van der Waals surface area contributed by atoms with Gasteiger partial charge < -0.3 is 10.2 Å². The number of likely N-dealkylation sites (tertiary alicyclic amines) is 2. The van der Waals surface area contributed by atoms with Crippen molar-refractivity contribution in [1.82, 2.24) is 14.8 Å². The van der Waals surface area contributed by atoms with Crippen LogP contribution in [0.1, 0.15) is 18.4 Å². The van der Waals surface area contributed by atoms with Gasteiger partial charge in [-0.05, 0) is 37.1 Å². The number of nitrogens with one attached hydrogen (secondary N) is 1. The third kappa shape index (κ3) is 3.65. The summed E-state index contributed by atoms with van der Waals surface area (Å²) in [5.41, 5.74) is 3.19. The van der Waals surface area contributed by atoms with E-state index < -0.39 is 12.2 Å². The fourth-order valence-electron chi connectivity index (χ4n) is 4.22. The first-order valence-corrected chi connectivity index (χ1v) is 9.71. The van der Waals surface area contributed by atoms with Crippen LogP contribution in [-0.2, 0) is 4.79 Å². The normalized spacial score (nSPS) is 25.2. The summed E-state index contributed by atoms with van der Waals surface area (Å²) in [7, 11) is 0. The molecule has 0 radical (unpaired) electrons. The number of nitrogens with zero attached hydrogens (tertiary/aromatic N) is 4. The predicted molar refractivity (Wildman–Crippen MR) is 106 cm³/mol. The molecule has 1 unspecified atom stereocenters. The summed E-state index contributed by atoms with van der Waals surface area (Å²) in [6, 6.07) is 9.79. The Hall–Kier alpha value is -2.72. The summed E-state index contributed by atoms with van der Waals surface area (Å²) < 4.78 is 13.6. The van der Waals surface area contributed by atoms with Crippen LogP contribution in [0.15, 0.2) is 30.5 Å². The van der Waals surface area contributed by atoms with Gasteiger partial charge in [-0.1, -0.05) is 6.07 Å². The third-order valence-corrected chi connectivity index (χ3v) is 5.68. The molecule has 2 saturated heterocycles. The molecular weight excluding hydrogens is 357 g/mol. The zero-order valence-corrected chi connectivity index (χ0v) is 15.9. The lowest BCUT2D eigenvalue weighted by atomic mass is 10.1. The van der Waals surface area contributed by atoms with Gasteiger partial charge in [0.15, 0.2) is 0 Å². The van der Waals surface area contributed by atoms with Gasteiger partial charge >= 0.3 is 0 Å². The number of hydrogen-bond donors (Lipinski definition) is 1. The van der Waals surface area contributed by atoms with Crippen molar-refractivity contribution in [3.8, 4) is 6.07 Å². The molecular formula is C21H24FN5O. The summed E-state index contributed by atoms with van der Waals surface area (Å²) >= 11 is 0. The van der Waals surface area contributed by atoms with Gasteiger partial charge in [0.05, 0.1) is 24.7 Å². The van der Waals surface area contributed by atoms with Gasteiger partial charge in [-0.15, -0.1) is 0 Å². The molecule has 3 heterocycles. The molecule has 146 valence electrons. The average molecular weight is 381 g/mol. The van der Waals surface area contributed by atoms with Crippen molar-refractivity contribution < 1.29 is 9.18 Å². The van der Waals surface area contributed by atoms with Crippen LogP contribution in [0, 0.1) is 18.3 Å². The molecule has 1 amide bonds. The number of benzene rings is 1. The molecule has 2 fully saturated rings. The molecule has 7 heteroatoms. The molecule has 6 nitrogen and oxygen atoms in total. The third-order valence-electron chi connectivity index (χ3n) is 5.68. The Labute approximate surface area is 163 Å². The largest absolute Gasteiger partial charge is 0.380 e. The fourth-order valence-corrected chi connectivity index (χ4v) is 4.22. The quantitative estimate of drug-likeness (QED) is 0.881. The highest BCUT2D eigenvalue weighted by atomic mass is 19.1. The van der Waals surface area contributed by atoms with E-state index in [0.29, 0.717) is 0 Å². The average Bonchev–Trinajstić information content (AvgIpc) is 3.30. The number of aryl methyl sites for hydroxylation is 1. The van der Waals surface area contributed by atoms with E-state index in [-0.39, 0.29) is 31.5 Å². The maximum atomic E-state index is 13.6. The summed E-state index contributed by atoms with van der Waals surface area (Å²) in [5, 5.41) is 13.8. The second-order valence-electron chi connectivity index (χ2n) is 7.72. The molecule has 1 aromatic heterocycles. The van der Waals surface area contributed by atoms with Crippen LogP contribution in [0.3, 0.4) is 0 Å². The van der Waals surface area contributed by atoms with Crippen molar-refractivity contribution in [2.75, 3.05) is 31.5 Å². The number of hydrogen-bond acceptors (Lipinski definition) is 5. The van der Waals surface area contributed by atoms with Crippen molar-refractivity contribution in [3.05, 3.63) is 36.0 Å². The van der Waals surface area contributed by atoms with Crippen LogP contribution < -0.4 is 5.32 Å². The van der Waals surface area contributed by atoms with Crippen LogP contribution in [0.4, 0.5) is 10.1 Å². The van der Waals surface area contributed by atoms with Crippen LogP contribution in [0.5, 0.6) is 0 Å². The number of amides is 1. The minimum atomic E-state index is -1.09. The van der Waals surface area contributed by atoms with Crippen LogP contribution in [0.2, 0.25) is 0 Å². The molecule has 1 N–H and O–H groups in total. The number of halogens is 1. The minimum Gasteiger partial charge on any atom is -0.380 e. The van der Waals surface area contributed by atoms with Gasteiger partial charge in [-0.3, -0.25) is 14.7 Å². The molecule has 0 saturated carbocycles. The van der Waals surface area contributed by atoms with E-state index in [1.807, 2.05) is 12.1 Å². The molecule has 1 aromatic carbocycles. The molecule has 2 aliphatic heterocycles. The summed E-state index contributed by atoms with van der Waals surface area (Å²) in [4.78, 5) is 20.5. The Balaban J connectivity index is 1.38. The Morgan fingerprint density at radius 1 is 1.39 bits per heavy atom. The van der Waals surface area contributed by atoms with Crippen molar-refractivity contribution in [3.63, 3.8) is 0 Å². The zero-order chi connectivity index (χ0) is 19.7. The van der Waals surface area contributed by atoms with Gasteiger partial charge in [0.1, 0.15) is 12.2 Å². The van der Waals surface area contributed by atoms with E-state index in [9.17, 15) is 9.18 Å². The van der Waals surface area contributed by atoms with Gasteiger partial charge in [0.2, 0.25) is 5.91 Å². The Kier molecular flexibility index (Phi) is 5.14. The van der Waals surface area contributed by atoms with Crippen molar-refractivity contribution in [1.29, 1.82) is 5.26 Å². The molecule has 0 spiro atoms. The lowest BCUT2D eigenvalue weighted by Crippen LogP contribution is -2.42. The first-order valence-electron chi connectivity index (χ1n) is 9.71. The molecule has 0 bridgehead atoms. The topological polar surface area (TPSA) is 72.3 Å². The monoisotopic (exact) mass is 381 g/mol. The Morgan fingerprint density at radius 3 is 3.07 bits per heavy atom.